The van der Waals surface area contributed by atoms with Crippen LogP contribution in [-0.2, 0) is 6.42 Å². The first-order valence-corrected chi connectivity index (χ1v) is 7.58. The van der Waals surface area contributed by atoms with E-state index in [0.717, 1.165) is 35.7 Å². The van der Waals surface area contributed by atoms with Gasteiger partial charge >= 0.3 is 0 Å². The Morgan fingerprint density at radius 3 is 2.47 bits per heavy atom. The number of hydrogen-bond acceptors (Lipinski definition) is 4. The summed E-state index contributed by atoms with van der Waals surface area (Å²) in [4.78, 5) is 10.2. The van der Waals surface area contributed by atoms with Crippen LogP contribution in [0.25, 0.3) is 11.4 Å². The number of aromatic nitrogens is 2. The van der Waals surface area contributed by atoms with E-state index in [4.69, 9.17) is 5.73 Å². The second-order valence-electron chi connectivity index (χ2n) is 4.32. The van der Waals surface area contributed by atoms with Gasteiger partial charge in [0.2, 0.25) is 0 Å². The molecule has 0 atom stereocenters. The topological polar surface area (TPSA) is 51.8 Å². The molecule has 19 heavy (non-hydrogen) atoms. The van der Waals surface area contributed by atoms with Crippen LogP contribution in [0.5, 0.6) is 0 Å². The van der Waals surface area contributed by atoms with Crippen LogP contribution in [0, 0.1) is 0 Å². The Balaban J connectivity index is 2.29. The van der Waals surface area contributed by atoms with Gasteiger partial charge in [-0.15, -0.1) is 11.8 Å². The van der Waals surface area contributed by atoms with Crippen molar-refractivity contribution in [3.8, 4) is 11.4 Å². The first-order chi connectivity index (χ1) is 9.22. The van der Waals surface area contributed by atoms with E-state index in [1.165, 1.54) is 4.90 Å². The zero-order valence-corrected chi connectivity index (χ0v) is 12.2. The molecule has 2 N–H and O–H groups in total. The summed E-state index contributed by atoms with van der Waals surface area (Å²) in [6.07, 6.45) is 1.99. The Bertz CT molecular complexity index is 538. The predicted octanol–water partition coefficient (Wildman–Crippen LogP) is 3.79. The fourth-order valence-corrected chi connectivity index (χ4v) is 2.56. The first kappa shape index (κ1) is 13.9. The highest BCUT2D eigenvalue weighted by molar-refractivity contribution is 7.99. The highest BCUT2D eigenvalue weighted by Gasteiger charge is 2.05. The lowest BCUT2D eigenvalue weighted by molar-refractivity contribution is 0.877. The Labute approximate surface area is 118 Å². The number of benzene rings is 1. The van der Waals surface area contributed by atoms with Gasteiger partial charge in [0, 0.05) is 22.2 Å². The summed E-state index contributed by atoms with van der Waals surface area (Å²) in [7, 11) is 0. The van der Waals surface area contributed by atoms with Crippen molar-refractivity contribution in [2.24, 2.45) is 0 Å². The molecule has 0 amide bonds. The van der Waals surface area contributed by atoms with Crippen LogP contribution >= 0.6 is 11.8 Å². The molecule has 0 spiro atoms. The lowest BCUT2D eigenvalue weighted by Gasteiger charge is -2.06. The van der Waals surface area contributed by atoms with Gasteiger partial charge in [-0.05, 0) is 24.3 Å². The van der Waals surface area contributed by atoms with Crippen molar-refractivity contribution < 1.29 is 0 Å². The van der Waals surface area contributed by atoms with Gasteiger partial charge in [0.15, 0.2) is 5.82 Å². The van der Waals surface area contributed by atoms with Crippen LogP contribution in [0.1, 0.15) is 26.0 Å². The quantitative estimate of drug-likeness (QED) is 0.842. The summed E-state index contributed by atoms with van der Waals surface area (Å²) < 4.78 is 0. The molecule has 1 aromatic carbocycles. The van der Waals surface area contributed by atoms with E-state index < -0.39 is 0 Å². The average Bonchev–Trinajstić information content (AvgIpc) is 2.40. The Morgan fingerprint density at radius 2 is 1.84 bits per heavy atom. The second-order valence-corrected chi connectivity index (χ2v) is 5.65. The number of nitrogens with zero attached hydrogens (tertiary/aromatic N) is 2. The Kier molecular flexibility index (Phi) is 4.80. The van der Waals surface area contributed by atoms with Crippen LogP contribution in [0.15, 0.2) is 35.2 Å². The van der Waals surface area contributed by atoms with E-state index in [2.05, 4.69) is 48.1 Å². The van der Waals surface area contributed by atoms with Gasteiger partial charge in [-0.2, -0.15) is 0 Å². The van der Waals surface area contributed by atoms with Gasteiger partial charge in [0.05, 0.1) is 0 Å². The predicted molar refractivity (Wildman–Crippen MR) is 82.3 cm³/mol. The fourth-order valence-electron chi connectivity index (χ4n) is 1.90. The summed E-state index contributed by atoms with van der Waals surface area (Å²) in [5.41, 5.74) is 7.88. The van der Waals surface area contributed by atoms with E-state index in [-0.39, 0.29) is 0 Å². The summed E-state index contributed by atoms with van der Waals surface area (Å²) in [6, 6.07) is 10.2. The molecule has 2 rings (SSSR count). The molecule has 0 bridgehead atoms. The molecular weight excluding hydrogens is 254 g/mol. The van der Waals surface area contributed by atoms with E-state index >= 15 is 0 Å². The third-order valence-electron chi connectivity index (χ3n) is 2.73. The molecule has 0 aliphatic carbocycles. The monoisotopic (exact) mass is 273 g/mol. The lowest BCUT2D eigenvalue weighted by Crippen LogP contribution is -2.00. The maximum Gasteiger partial charge on any atom is 0.161 e. The third kappa shape index (κ3) is 3.70. The van der Waals surface area contributed by atoms with Crippen molar-refractivity contribution in [3.63, 3.8) is 0 Å². The summed E-state index contributed by atoms with van der Waals surface area (Å²) >= 11 is 1.83. The van der Waals surface area contributed by atoms with Crippen molar-refractivity contribution in [3.05, 3.63) is 36.0 Å². The van der Waals surface area contributed by atoms with E-state index in [0.29, 0.717) is 5.82 Å². The van der Waals surface area contributed by atoms with Crippen LogP contribution in [-0.4, -0.2) is 15.7 Å². The first-order valence-electron chi connectivity index (χ1n) is 6.59. The number of anilines is 1. The molecule has 3 nitrogen and oxygen atoms in total. The number of aryl methyl sites for hydroxylation is 1. The minimum absolute atomic E-state index is 0.542. The molecular formula is C15H19N3S. The van der Waals surface area contributed by atoms with Gasteiger partial charge < -0.3 is 5.73 Å². The minimum Gasteiger partial charge on any atom is -0.384 e. The summed E-state index contributed by atoms with van der Waals surface area (Å²) in [6.45, 7) is 4.28. The molecule has 0 aliphatic rings. The number of rotatable bonds is 5. The van der Waals surface area contributed by atoms with Crippen molar-refractivity contribution >= 4 is 17.6 Å². The molecule has 0 fully saturated rings. The van der Waals surface area contributed by atoms with Gasteiger partial charge in [0.1, 0.15) is 5.82 Å². The third-order valence-corrected chi connectivity index (χ3v) is 3.62. The van der Waals surface area contributed by atoms with Gasteiger partial charge in [0.25, 0.3) is 0 Å². The van der Waals surface area contributed by atoms with Crippen LogP contribution < -0.4 is 5.73 Å². The summed E-state index contributed by atoms with van der Waals surface area (Å²) in [5, 5.41) is 0. The van der Waals surface area contributed by atoms with E-state index in [9.17, 15) is 0 Å². The van der Waals surface area contributed by atoms with Crippen molar-refractivity contribution in [2.75, 3.05) is 11.5 Å². The van der Waals surface area contributed by atoms with Crippen LogP contribution in [0.2, 0.25) is 0 Å². The summed E-state index contributed by atoms with van der Waals surface area (Å²) in [5.74, 6) is 2.34. The molecule has 0 unspecified atom stereocenters. The molecule has 2 aromatic rings. The van der Waals surface area contributed by atoms with Gasteiger partial charge in [-0.25, -0.2) is 9.97 Å². The normalized spacial score (nSPS) is 10.6. The largest absolute Gasteiger partial charge is 0.384 e. The lowest BCUT2D eigenvalue weighted by atomic mass is 10.2. The minimum atomic E-state index is 0.542. The van der Waals surface area contributed by atoms with Crippen molar-refractivity contribution in [1.82, 2.24) is 9.97 Å². The maximum atomic E-state index is 5.85. The Hall–Kier alpha value is -1.55. The van der Waals surface area contributed by atoms with Crippen LogP contribution in [0.4, 0.5) is 5.82 Å². The van der Waals surface area contributed by atoms with Gasteiger partial charge in [-0.1, -0.05) is 32.4 Å². The van der Waals surface area contributed by atoms with E-state index in [1.54, 1.807) is 0 Å². The highest BCUT2D eigenvalue weighted by Crippen LogP contribution is 2.22. The fraction of sp³-hybridized carbons (Fsp3) is 0.333. The SMILES string of the molecule is CCCc1cc(N)nc(-c2ccc(SCC)cc2)n1. The number of hydrogen-bond donors (Lipinski definition) is 1. The number of nitrogens with two attached hydrogens (primary N) is 1. The maximum absolute atomic E-state index is 5.85. The molecule has 4 heteroatoms. The highest BCUT2D eigenvalue weighted by atomic mass is 32.2. The van der Waals surface area contributed by atoms with Crippen molar-refractivity contribution in [2.45, 2.75) is 31.6 Å². The number of nitrogen functional groups attached to an aromatic ring is 1. The second kappa shape index (κ2) is 6.57. The smallest absolute Gasteiger partial charge is 0.161 e. The molecule has 0 aliphatic heterocycles. The standard InChI is InChI=1S/C15H19N3S/c1-3-5-12-10-14(16)18-15(17-12)11-6-8-13(9-7-11)19-4-2/h6-10H,3-5H2,1-2H3,(H2,16,17,18). The molecule has 0 saturated heterocycles. The molecule has 1 heterocycles. The van der Waals surface area contributed by atoms with E-state index in [1.807, 2.05) is 17.8 Å². The molecule has 0 radical (unpaired) electrons. The van der Waals surface area contributed by atoms with Crippen LogP contribution in [0.3, 0.4) is 0 Å². The van der Waals surface area contributed by atoms with Crippen molar-refractivity contribution in [1.29, 1.82) is 0 Å². The number of thioether (sulfide) groups is 1. The molecule has 100 valence electrons. The zero-order valence-electron chi connectivity index (χ0n) is 11.4. The Morgan fingerprint density at radius 1 is 1.11 bits per heavy atom. The average molecular weight is 273 g/mol. The zero-order chi connectivity index (χ0) is 13.7. The van der Waals surface area contributed by atoms with Gasteiger partial charge in [-0.3, -0.25) is 0 Å². The molecule has 0 saturated carbocycles. The molecule has 1 aromatic heterocycles.